The van der Waals surface area contributed by atoms with Gasteiger partial charge in [-0.1, -0.05) is 24.6 Å². The molecule has 0 aromatic heterocycles. The van der Waals surface area contributed by atoms with Crippen LogP contribution in [-0.4, -0.2) is 17.8 Å². The molecule has 1 aliphatic carbocycles. The van der Waals surface area contributed by atoms with Crippen molar-refractivity contribution < 1.29 is 9.47 Å². The third-order valence-corrected chi connectivity index (χ3v) is 5.86. The number of nitrogens with zero attached hydrogens (tertiary/aromatic N) is 1. The molecule has 0 saturated heterocycles. The summed E-state index contributed by atoms with van der Waals surface area (Å²) in [4.78, 5) is 0. The second kappa shape index (κ2) is 6.06. The summed E-state index contributed by atoms with van der Waals surface area (Å²) in [5.74, 6) is 1.91. The lowest BCUT2D eigenvalue weighted by Crippen LogP contribution is -2.60. The molecule has 5 rings (SSSR count). The second-order valence-corrected chi connectivity index (χ2v) is 7.38. The molecule has 2 heterocycles. The summed E-state index contributed by atoms with van der Waals surface area (Å²) in [5, 5.41) is 2.36. The van der Waals surface area contributed by atoms with Crippen molar-refractivity contribution in [3.05, 3.63) is 65.7 Å². The van der Waals surface area contributed by atoms with Gasteiger partial charge in [-0.3, -0.25) is 0 Å². The number of hydrogen-bond donors (Lipinski definition) is 1. The van der Waals surface area contributed by atoms with Crippen LogP contribution in [0.1, 0.15) is 49.3 Å². The van der Waals surface area contributed by atoms with Crippen LogP contribution in [0.5, 0.6) is 11.5 Å². The van der Waals surface area contributed by atoms with E-state index in [0.29, 0.717) is 0 Å². The van der Waals surface area contributed by atoms with Crippen LogP contribution in [-0.2, 0) is 0 Å². The summed E-state index contributed by atoms with van der Waals surface area (Å²) >= 11 is 0. The van der Waals surface area contributed by atoms with Crippen LogP contribution >= 0.6 is 0 Å². The Morgan fingerprint density at radius 3 is 2.58 bits per heavy atom. The minimum Gasteiger partial charge on any atom is -0.497 e. The van der Waals surface area contributed by atoms with Crippen molar-refractivity contribution >= 4 is 5.70 Å². The van der Waals surface area contributed by atoms with Gasteiger partial charge in [0.15, 0.2) is 5.72 Å². The number of methoxy groups -OCH3 is 1. The van der Waals surface area contributed by atoms with Gasteiger partial charge in [0.2, 0.25) is 0 Å². The van der Waals surface area contributed by atoms with E-state index in [4.69, 9.17) is 9.47 Å². The average Bonchev–Trinajstić information content (AvgIpc) is 3.16. The highest BCUT2D eigenvalue weighted by molar-refractivity contribution is 5.68. The first kappa shape index (κ1) is 15.8. The standard InChI is InChI=1S/C22H24N2O2/c1-25-17-11-9-16(10-12-17)19-15-20-18-7-3-4-8-21(18)26-22(24(20)23-19)13-5-2-6-14-22/h3-4,7-12,15,20,23H,2,5-6,13-14H2,1H3/t20-/m1/s1. The molecule has 0 amide bonds. The second-order valence-electron chi connectivity index (χ2n) is 7.38. The third kappa shape index (κ3) is 2.40. The monoisotopic (exact) mass is 348 g/mol. The molecule has 1 saturated carbocycles. The van der Waals surface area contributed by atoms with Gasteiger partial charge in [0.25, 0.3) is 0 Å². The van der Waals surface area contributed by atoms with Crippen molar-refractivity contribution in [2.75, 3.05) is 7.11 Å². The van der Waals surface area contributed by atoms with Gasteiger partial charge in [-0.15, -0.1) is 0 Å². The number of ether oxygens (including phenoxy) is 2. The predicted molar refractivity (Wildman–Crippen MR) is 102 cm³/mol. The van der Waals surface area contributed by atoms with E-state index < -0.39 is 0 Å². The molecular formula is C22H24N2O2. The Kier molecular flexibility index (Phi) is 3.68. The maximum Gasteiger partial charge on any atom is 0.180 e. The Labute approximate surface area is 154 Å². The Bertz CT molecular complexity index is 837. The Morgan fingerprint density at radius 2 is 1.81 bits per heavy atom. The molecule has 26 heavy (non-hydrogen) atoms. The topological polar surface area (TPSA) is 33.7 Å². The molecule has 1 fully saturated rings. The lowest BCUT2D eigenvalue weighted by atomic mass is 9.87. The molecule has 0 radical (unpaired) electrons. The van der Waals surface area contributed by atoms with Gasteiger partial charge in [-0.25, -0.2) is 0 Å². The lowest BCUT2D eigenvalue weighted by Gasteiger charge is -2.50. The van der Waals surface area contributed by atoms with E-state index in [1.807, 2.05) is 12.1 Å². The van der Waals surface area contributed by atoms with E-state index >= 15 is 0 Å². The quantitative estimate of drug-likeness (QED) is 0.856. The molecule has 2 aromatic carbocycles. The Balaban J connectivity index is 1.55. The van der Waals surface area contributed by atoms with Crippen molar-refractivity contribution in [1.82, 2.24) is 10.4 Å². The first-order chi connectivity index (χ1) is 12.8. The average molecular weight is 348 g/mol. The van der Waals surface area contributed by atoms with Crippen LogP contribution in [0.15, 0.2) is 54.6 Å². The summed E-state index contributed by atoms with van der Waals surface area (Å²) in [6, 6.07) is 16.9. The molecule has 2 aromatic rings. The molecule has 1 spiro atoms. The molecule has 1 N–H and O–H groups in total. The number of hydrogen-bond acceptors (Lipinski definition) is 4. The van der Waals surface area contributed by atoms with E-state index in [9.17, 15) is 0 Å². The van der Waals surface area contributed by atoms with E-state index in [-0.39, 0.29) is 11.8 Å². The van der Waals surface area contributed by atoms with Crippen LogP contribution < -0.4 is 14.9 Å². The zero-order valence-corrected chi connectivity index (χ0v) is 15.1. The third-order valence-electron chi connectivity index (χ3n) is 5.86. The smallest absolute Gasteiger partial charge is 0.180 e. The Hall–Kier alpha value is -2.46. The highest BCUT2D eigenvalue weighted by atomic mass is 16.5. The first-order valence-electron chi connectivity index (χ1n) is 9.49. The van der Waals surface area contributed by atoms with Crippen molar-refractivity contribution in [3.8, 4) is 11.5 Å². The van der Waals surface area contributed by atoms with Gasteiger partial charge in [0, 0.05) is 18.4 Å². The van der Waals surface area contributed by atoms with Crippen molar-refractivity contribution in [2.24, 2.45) is 0 Å². The van der Waals surface area contributed by atoms with Gasteiger partial charge in [0.05, 0.1) is 18.8 Å². The summed E-state index contributed by atoms with van der Waals surface area (Å²) < 4.78 is 11.9. The van der Waals surface area contributed by atoms with Crippen molar-refractivity contribution in [3.63, 3.8) is 0 Å². The van der Waals surface area contributed by atoms with Crippen LogP contribution in [0.25, 0.3) is 5.70 Å². The summed E-state index contributed by atoms with van der Waals surface area (Å²) in [7, 11) is 1.70. The maximum absolute atomic E-state index is 6.61. The fourth-order valence-corrected chi connectivity index (χ4v) is 4.50. The van der Waals surface area contributed by atoms with Crippen molar-refractivity contribution in [1.29, 1.82) is 0 Å². The van der Waals surface area contributed by atoms with Gasteiger partial charge in [-0.2, -0.15) is 5.01 Å². The van der Waals surface area contributed by atoms with Crippen LogP contribution in [0.3, 0.4) is 0 Å². The predicted octanol–water partition coefficient (Wildman–Crippen LogP) is 4.65. The minimum atomic E-state index is -0.248. The largest absolute Gasteiger partial charge is 0.497 e. The summed E-state index contributed by atoms with van der Waals surface area (Å²) in [5.41, 5.74) is 6.98. The first-order valence-corrected chi connectivity index (χ1v) is 9.49. The summed E-state index contributed by atoms with van der Waals surface area (Å²) in [6.07, 6.45) is 8.18. The molecule has 1 atom stereocenters. The number of nitrogens with one attached hydrogen (secondary N) is 1. The normalized spacial score (nSPS) is 23.4. The maximum atomic E-state index is 6.61. The number of para-hydroxylation sites is 1. The van der Waals surface area contributed by atoms with E-state index in [1.165, 1.54) is 30.4 Å². The Morgan fingerprint density at radius 1 is 1.04 bits per heavy atom. The van der Waals surface area contributed by atoms with Gasteiger partial charge < -0.3 is 14.9 Å². The molecule has 4 heteroatoms. The zero-order chi connectivity index (χ0) is 17.6. The fourth-order valence-electron chi connectivity index (χ4n) is 4.50. The minimum absolute atomic E-state index is 0.204. The van der Waals surface area contributed by atoms with Crippen LogP contribution in [0.2, 0.25) is 0 Å². The SMILES string of the molecule is COc1ccc(C2=C[C@@H]3c4ccccc4OC4(CCCCC4)N3N2)cc1. The van der Waals surface area contributed by atoms with Crippen LogP contribution in [0.4, 0.5) is 0 Å². The van der Waals surface area contributed by atoms with Crippen LogP contribution in [0, 0.1) is 0 Å². The molecule has 0 unspecified atom stereocenters. The van der Waals surface area contributed by atoms with Gasteiger partial charge >= 0.3 is 0 Å². The fraction of sp³-hybridized carbons (Fsp3) is 0.364. The number of fused-ring (bicyclic) bond motifs is 4. The molecule has 134 valence electrons. The molecule has 3 aliphatic rings. The van der Waals surface area contributed by atoms with Gasteiger partial charge in [0.1, 0.15) is 11.5 Å². The highest BCUT2D eigenvalue weighted by Crippen LogP contribution is 2.49. The number of rotatable bonds is 2. The molecule has 2 aliphatic heterocycles. The number of benzene rings is 2. The van der Waals surface area contributed by atoms with Gasteiger partial charge in [-0.05, 0) is 54.8 Å². The lowest BCUT2D eigenvalue weighted by molar-refractivity contribution is -0.150. The molecule has 4 nitrogen and oxygen atoms in total. The number of hydrazine groups is 1. The van der Waals surface area contributed by atoms with E-state index in [0.717, 1.165) is 30.0 Å². The van der Waals surface area contributed by atoms with E-state index in [2.05, 4.69) is 52.9 Å². The molecule has 0 bridgehead atoms. The van der Waals surface area contributed by atoms with E-state index in [1.54, 1.807) is 7.11 Å². The van der Waals surface area contributed by atoms with Crippen molar-refractivity contribution in [2.45, 2.75) is 43.9 Å². The highest BCUT2D eigenvalue weighted by Gasteiger charge is 2.50. The summed E-state index contributed by atoms with van der Waals surface area (Å²) in [6.45, 7) is 0. The zero-order valence-electron chi connectivity index (χ0n) is 15.1. The molecular weight excluding hydrogens is 324 g/mol.